The van der Waals surface area contributed by atoms with Crippen molar-refractivity contribution in [3.8, 4) is 0 Å². The Morgan fingerprint density at radius 2 is 1.50 bits per heavy atom. The predicted molar refractivity (Wildman–Crippen MR) is 73.7 cm³/mol. The zero-order valence-electron chi connectivity index (χ0n) is 11.8. The summed E-state index contributed by atoms with van der Waals surface area (Å²) in [4.78, 5) is 0. The fourth-order valence-corrected chi connectivity index (χ4v) is 3.67. The van der Waals surface area contributed by atoms with Gasteiger partial charge in [-0.1, -0.05) is 72.1 Å². The van der Waals surface area contributed by atoms with Gasteiger partial charge in [0.05, 0.1) is 0 Å². The molecule has 1 aliphatic carbocycles. The second-order valence-corrected chi connectivity index (χ2v) is 5.90. The van der Waals surface area contributed by atoms with Gasteiger partial charge in [0.15, 0.2) is 0 Å². The Bertz CT molecular complexity index is 161. The first-order valence-electron chi connectivity index (χ1n) is 7.81. The van der Waals surface area contributed by atoms with Crippen molar-refractivity contribution in [2.75, 3.05) is 0 Å². The number of rotatable bonds is 8. The van der Waals surface area contributed by atoms with Crippen molar-refractivity contribution in [1.82, 2.24) is 0 Å². The molecule has 1 aliphatic rings. The van der Waals surface area contributed by atoms with Crippen molar-refractivity contribution in [1.29, 1.82) is 0 Å². The highest BCUT2D eigenvalue weighted by Crippen LogP contribution is 2.42. The molecule has 1 saturated carbocycles. The van der Waals surface area contributed by atoms with E-state index in [1.165, 1.54) is 51.4 Å². The molecule has 0 spiro atoms. The fraction of sp³-hybridized carbons (Fsp3) is 1.00. The summed E-state index contributed by atoms with van der Waals surface area (Å²) < 4.78 is 0. The second kappa shape index (κ2) is 8.14. The maximum Gasteiger partial charge on any atom is -0.0383 e. The van der Waals surface area contributed by atoms with Crippen LogP contribution in [0.15, 0.2) is 0 Å². The molecule has 0 amide bonds. The Labute approximate surface area is 103 Å². The van der Waals surface area contributed by atoms with E-state index in [9.17, 15) is 0 Å². The summed E-state index contributed by atoms with van der Waals surface area (Å²) in [5.41, 5.74) is 0. The van der Waals surface area contributed by atoms with E-state index in [4.69, 9.17) is 0 Å². The van der Waals surface area contributed by atoms with E-state index in [1.807, 2.05) is 0 Å². The van der Waals surface area contributed by atoms with Crippen LogP contribution in [0.1, 0.15) is 85.0 Å². The first kappa shape index (κ1) is 14.1. The molecule has 0 saturated heterocycles. The summed E-state index contributed by atoms with van der Waals surface area (Å²) in [6.45, 7) is 7.05. The predicted octanol–water partition coefficient (Wildman–Crippen LogP) is 5.81. The summed E-state index contributed by atoms with van der Waals surface area (Å²) in [5.74, 6) is 3.22. The van der Waals surface area contributed by atoms with Crippen molar-refractivity contribution >= 4 is 0 Å². The van der Waals surface area contributed by atoms with Gasteiger partial charge in [-0.15, -0.1) is 0 Å². The minimum Gasteiger partial charge on any atom is -0.0654 e. The van der Waals surface area contributed by atoms with E-state index in [2.05, 4.69) is 20.8 Å². The smallest absolute Gasteiger partial charge is 0.0383 e. The average molecular weight is 224 g/mol. The van der Waals surface area contributed by atoms with Crippen molar-refractivity contribution in [3.05, 3.63) is 0 Å². The van der Waals surface area contributed by atoms with Crippen molar-refractivity contribution in [2.24, 2.45) is 17.8 Å². The Kier molecular flexibility index (Phi) is 7.16. The third-order valence-electron chi connectivity index (χ3n) is 4.59. The topological polar surface area (TPSA) is 0 Å². The largest absolute Gasteiger partial charge is 0.0654 e. The summed E-state index contributed by atoms with van der Waals surface area (Å²) in [6.07, 6.45) is 14.7. The molecule has 0 bridgehead atoms. The maximum atomic E-state index is 2.40. The van der Waals surface area contributed by atoms with E-state index in [-0.39, 0.29) is 0 Å². The minimum absolute atomic E-state index is 1.07. The molecule has 0 aliphatic heterocycles. The molecule has 0 aromatic rings. The van der Waals surface area contributed by atoms with Crippen LogP contribution < -0.4 is 0 Å². The Balaban J connectivity index is 2.22. The Hall–Kier alpha value is 0. The first-order valence-corrected chi connectivity index (χ1v) is 7.81. The van der Waals surface area contributed by atoms with Gasteiger partial charge in [-0.25, -0.2) is 0 Å². The third kappa shape index (κ3) is 4.47. The molecule has 3 atom stereocenters. The van der Waals surface area contributed by atoms with Crippen LogP contribution in [0.25, 0.3) is 0 Å². The normalized spacial score (nSPS) is 29.8. The number of unbranched alkanes of at least 4 members (excludes halogenated alkanes) is 3. The highest BCUT2D eigenvalue weighted by Gasteiger charge is 2.31. The highest BCUT2D eigenvalue weighted by atomic mass is 14.4. The summed E-state index contributed by atoms with van der Waals surface area (Å²) in [5, 5.41) is 0. The molecule has 0 aromatic heterocycles. The van der Waals surface area contributed by atoms with Gasteiger partial charge in [0.2, 0.25) is 0 Å². The molecule has 0 N–H and O–H groups in total. The van der Waals surface area contributed by atoms with Crippen LogP contribution in [0.2, 0.25) is 0 Å². The van der Waals surface area contributed by atoms with Crippen molar-refractivity contribution in [3.63, 3.8) is 0 Å². The van der Waals surface area contributed by atoms with E-state index in [0.29, 0.717) is 0 Å². The molecule has 96 valence electrons. The van der Waals surface area contributed by atoms with E-state index in [0.717, 1.165) is 17.8 Å². The van der Waals surface area contributed by atoms with Crippen LogP contribution in [0, 0.1) is 17.8 Å². The van der Waals surface area contributed by atoms with Crippen LogP contribution in [0.3, 0.4) is 0 Å². The van der Waals surface area contributed by atoms with Crippen LogP contribution in [0.5, 0.6) is 0 Å². The van der Waals surface area contributed by atoms with Gasteiger partial charge in [0, 0.05) is 0 Å². The SMILES string of the molecule is CCCCCCC1CC(CCC)CC1CC. The maximum absolute atomic E-state index is 2.40. The lowest BCUT2D eigenvalue weighted by Crippen LogP contribution is -2.06. The fourth-order valence-electron chi connectivity index (χ4n) is 3.67. The molecular weight excluding hydrogens is 192 g/mol. The van der Waals surface area contributed by atoms with Gasteiger partial charge in [0.25, 0.3) is 0 Å². The van der Waals surface area contributed by atoms with Gasteiger partial charge in [-0.2, -0.15) is 0 Å². The molecule has 16 heavy (non-hydrogen) atoms. The number of hydrogen-bond donors (Lipinski definition) is 0. The highest BCUT2D eigenvalue weighted by molar-refractivity contribution is 4.82. The zero-order valence-corrected chi connectivity index (χ0v) is 11.8. The van der Waals surface area contributed by atoms with Crippen LogP contribution in [-0.2, 0) is 0 Å². The van der Waals surface area contributed by atoms with E-state index >= 15 is 0 Å². The monoisotopic (exact) mass is 224 g/mol. The lowest BCUT2D eigenvalue weighted by molar-refractivity contribution is 0.342. The number of hydrogen-bond acceptors (Lipinski definition) is 0. The third-order valence-corrected chi connectivity index (χ3v) is 4.59. The molecular formula is C16H32. The van der Waals surface area contributed by atoms with Crippen LogP contribution in [-0.4, -0.2) is 0 Å². The second-order valence-electron chi connectivity index (χ2n) is 5.90. The molecule has 0 aromatic carbocycles. The Morgan fingerprint density at radius 1 is 0.750 bits per heavy atom. The Morgan fingerprint density at radius 3 is 2.12 bits per heavy atom. The van der Waals surface area contributed by atoms with Crippen LogP contribution >= 0.6 is 0 Å². The summed E-state index contributed by atoms with van der Waals surface area (Å²) in [6, 6.07) is 0. The van der Waals surface area contributed by atoms with Gasteiger partial charge < -0.3 is 0 Å². The molecule has 1 fully saturated rings. The van der Waals surface area contributed by atoms with Gasteiger partial charge in [0.1, 0.15) is 0 Å². The quantitative estimate of drug-likeness (QED) is 0.456. The molecule has 0 heterocycles. The minimum atomic E-state index is 1.07. The van der Waals surface area contributed by atoms with Crippen molar-refractivity contribution in [2.45, 2.75) is 85.0 Å². The van der Waals surface area contributed by atoms with Gasteiger partial charge in [-0.3, -0.25) is 0 Å². The van der Waals surface area contributed by atoms with Crippen LogP contribution in [0.4, 0.5) is 0 Å². The molecule has 1 rings (SSSR count). The van der Waals surface area contributed by atoms with Gasteiger partial charge >= 0.3 is 0 Å². The molecule has 0 radical (unpaired) electrons. The summed E-state index contributed by atoms with van der Waals surface area (Å²) >= 11 is 0. The summed E-state index contributed by atoms with van der Waals surface area (Å²) in [7, 11) is 0. The molecule has 0 heteroatoms. The molecule has 3 unspecified atom stereocenters. The van der Waals surface area contributed by atoms with Gasteiger partial charge in [-0.05, 0) is 30.6 Å². The van der Waals surface area contributed by atoms with E-state index < -0.39 is 0 Å². The average Bonchev–Trinajstić information content (AvgIpc) is 2.67. The standard InChI is InChI=1S/C16H32/c1-4-7-8-9-11-16-13-14(10-5-2)12-15(16)6-3/h14-16H,4-13H2,1-3H3. The van der Waals surface area contributed by atoms with E-state index in [1.54, 1.807) is 12.8 Å². The molecule has 0 nitrogen and oxygen atoms in total. The first-order chi connectivity index (χ1) is 7.81. The van der Waals surface area contributed by atoms with Crippen molar-refractivity contribution < 1.29 is 0 Å². The lowest BCUT2D eigenvalue weighted by Gasteiger charge is -2.17. The lowest BCUT2D eigenvalue weighted by atomic mass is 9.89. The zero-order chi connectivity index (χ0) is 11.8.